The van der Waals surface area contributed by atoms with Crippen molar-refractivity contribution in [3.63, 3.8) is 0 Å². The number of imidazole rings is 1. The quantitative estimate of drug-likeness (QED) is 0.741. The van der Waals surface area contributed by atoms with Crippen LogP contribution in [-0.4, -0.2) is 14.9 Å². The monoisotopic (exact) mass is 238 g/mol. The van der Waals surface area contributed by atoms with E-state index in [1.54, 1.807) is 0 Å². The van der Waals surface area contributed by atoms with E-state index < -0.39 is 0 Å². The molecule has 16 heavy (non-hydrogen) atoms. The second-order valence-corrected chi connectivity index (χ2v) is 4.69. The Balaban J connectivity index is 2.09. The number of allylic oxidation sites excluding steroid dienone is 2. The molecule has 0 unspecified atom stereocenters. The predicted molar refractivity (Wildman–Crippen MR) is 59.6 cm³/mol. The highest BCUT2D eigenvalue weighted by Crippen LogP contribution is 2.32. The van der Waals surface area contributed by atoms with Crippen LogP contribution < -0.4 is 5.69 Å². The highest BCUT2D eigenvalue weighted by Gasteiger charge is 2.28. The predicted octanol–water partition coefficient (Wildman–Crippen LogP) is 1.33. The lowest BCUT2D eigenvalue weighted by atomic mass is 9.82. The molecule has 0 saturated carbocycles. The topological polar surface area (TPSA) is 54.9 Å². The Morgan fingerprint density at radius 3 is 2.81 bits per heavy atom. The van der Waals surface area contributed by atoms with Crippen LogP contribution in [0.2, 0.25) is 0 Å². The normalized spacial score (nSPS) is 19.7. The third-order valence-corrected chi connectivity index (χ3v) is 3.76. The number of aromatic nitrogens is 2. The molecule has 84 valence electrons. The van der Waals surface area contributed by atoms with Crippen molar-refractivity contribution in [1.29, 1.82) is 0 Å². The number of rotatable bonds is 0. The van der Waals surface area contributed by atoms with Gasteiger partial charge in [-0.05, 0) is 12.8 Å². The summed E-state index contributed by atoms with van der Waals surface area (Å²) in [4.78, 5) is 25.8. The number of nitrogens with one attached hydrogen (secondary N) is 1. The summed E-state index contributed by atoms with van der Waals surface area (Å²) < 4.78 is 1.14. The molecule has 0 radical (unpaired) electrons. The number of H-pyrrole nitrogens is 1. The van der Waals surface area contributed by atoms with Crippen molar-refractivity contribution in [2.75, 3.05) is 0 Å². The van der Waals surface area contributed by atoms with Crippen LogP contribution in [0, 0.1) is 0 Å². The number of halogens is 1. The molecule has 2 aliphatic carbocycles. The molecule has 0 saturated heterocycles. The molecule has 0 aromatic carbocycles. The van der Waals surface area contributed by atoms with Crippen molar-refractivity contribution >= 4 is 17.6 Å². The van der Waals surface area contributed by atoms with Gasteiger partial charge in [-0.2, -0.15) is 0 Å². The fourth-order valence-corrected chi connectivity index (χ4v) is 2.78. The molecule has 1 aromatic rings. The number of hydrogen-bond acceptors (Lipinski definition) is 2. The van der Waals surface area contributed by atoms with E-state index in [0.29, 0.717) is 19.3 Å². The largest absolute Gasteiger partial charge is 0.340 e. The third-order valence-electron chi connectivity index (χ3n) is 3.40. The molecule has 0 amide bonds. The number of nitrogens with zero attached hydrogens (tertiary/aromatic N) is 1. The van der Waals surface area contributed by atoms with Crippen LogP contribution in [0.1, 0.15) is 30.7 Å². The van der Waals surface area contributed by atoms with Gasteiger partial charge in [-0.3, -0.25) is 4.79 Å². The first-order valence-corrected chi connectivity index (χ1v) is 5.73. The number of Topliss-reactive ketones (excluding diaryl/α,β-unsaturated/α-hetero) is 1. The van der Waals surface area contributed by atoms with Crippen molar-refractivity contribution in [3.8, 4) is 0 Å². The van der Waals surface area contributed by atoms with E-state index in [-0.39, 0.29) is 11.5 Å². The van der Waals surface area contributed by atoms with Crippen LogP contribution in [0.25, 0.3) is 0 Å². The first-order valence-electron chi connectivity index (χ1n) is 5.40. The molecular formula is C11H11ClN2O2. The van der Waals surface area contributed by atoms with E-state index in [2.05, 4.69) is 4.98 Å². The van der Waals surface area contributed by atoms with E-state index in [1.165, 1.54) is 0 Å². The summed E-state index contributed by atoms with van der Waals surface area (Å²) in [6.45, 7) is 0. The van der Waals surface area contributed by atoms with Crippen molar-refractivity contribution in [3.05, 3.63) is 33.0 Å². The second-order valence-electron chi connectivity index (χ2n) is 4.35. The van der Waals surface area contributed by atoms with Crippen LogP contribution in [0.4, 0.5) is 0 Å². The van der Waals surface area contributed by atoms with Gasteiger partial charge in [0.05, 0.1) is 5.69 Å². The zero-order valence-corrected chi connectivity index (χ0v) is 9.43. The van der Waals surface area contributed by atoms with Gasteiger partial charge in [0.1, 0.15) is 0 Å². The minimum Gasteiger partial charge on any atom is -0.308 e. The highest BCUT2D eigenvalue weighted by molar-refractivity contribution is 6.15. The van der Waals surface area contributed by atoms with Crippen molar-refractivity contribution in [1.82, 2.24) is 9.07 Å². The lowest BCUT2D eigenvalue weighted by Gasteiger charge is -2.23. The van der Waals surface area contributed by atoms with Crippen LogP contribution in [0.5, 0.6) is 0 Å². The first-order chi connectivity index (χ1) is 7.66. The Kier molecular flexibility index (Phi) is 2.07. The number of hydrogen-bond donors (Lipinski definition) is 1. The van der Waals surface area contributed by atoms with E-state index in [4.69, 9.17) is 11.8 Å². The Hall–Kier alpha value is -1.29. The lowest BCUT2D eigenvalue weighted by Crippen LogP contribution is -2.20. The molecule has 3 rings (SSSR count). The Bertz CT molecular complexity index is 565. The maximum Gasteiger partial charge on any atom is 0.340 e. The second kappa shape index (κ2) is 3.35. The summed E-state index contributed by atoms with van der Waals surface area (Å²) in [7, 11) is 0. The summed E-state index contributed by atoms with van der Waals surface area (Å²) in [5.74, 6) is 0.232. The Morgan fingerprint density at radius 1 is 1.19 bits per heavy atom. The SMILES string of the molecule is O=C1CCCC2=C1Cc1[nH]c(=O)n(Cl)c1C2. The average molecular weight is 239 g/mol. The molecule has 1 heterocycles. The van der Waals surface area contributed by atoms with Crippen LogP contribution in [-0.2, 0) is 17.6 Å². The molecule has 1 N–H and O–H groups in total. The number of fused-ring (bicyclic) bond motifs is 1. The molecular weight excluding hydrogens is 228 g/mol. The summed E-state index contributed by atoms with van der Waals surface area (Å²) in [6, 6.07) is 0. The molecule has 4 nitrogen and oxygen atoms in total. The third kappa shape index (κ3) is 1.29. The van der Waals surface area contributed by atoms with Crippen LogP contribution in [0.3, 0.4) is 0 Å². The van der Waals surface area contributed by atoms with Gasteiger partial charge in [0.25, 0.3) is 0 Å². The fraction of sp³-hybridized carbons (Fsp3) is 0.455. The fourth-order valence-electron chi connectivity index (χ4n) is 2.57. The Labute approximate surface area is 97.0 Å². The van der Waals surface area contributed by atoms with Gasteiger partial charge in [-0.25, -0.2) is 8.88 Å². The highest BCUT2D eigenvalue weighted by atomic mass is 35.5. The smallest absolute Gasteiger partial charge is 0.308 e. The first kappa shape index (κ1) is 9.90. The van der Waals surface area contributed by atoms with E-state index >= 15 is 0 Å². The minimum absolute atomic E-state index is 0.232. The lowest BCUT2D eigenvalue weighted by molar-refractivity contribution is -0.116. The van der Waals surface area contributed by atoms with Gasteiger partial charge in [0, 0.05) is 42.3 Å². The molecule has 5 heteroatoms. The summed E-state index contributed by atoms with van der Waals surface area (Å²) in [5.41, 5.74) is 3.38. The van der Waals surface area contributed by atoms with E-state index in [0.717, 1.165) is 39.5 Å². The van der Waals surface area contributed by atoms with E-state index in [1.807, 2.05) is 0 Å². The van der Waals surface area contributed by atoms with Crippen molar-refractivity contribution in [2.45, 2.75) is 32.1 Å². The zero-order chi connectivity index (χ0) is 11.3. The molecule has 0 bridgehead atoms. The van der Waals surface area contributed by atoms with Gasteiger partial charge in [0.2, 0.25) is 0 Å². The van der Waals surface area contributed by atoms with Crippen LogP contribution in [0.15, 0.2) is 15.9 Å². The zero-order valence-electron chi connectivity index (χ0n) is 8.68. The van der Waals surface area contributed by atoms with Gasteiger partial charge < -0.3 is 4.98 Å². The summed E-state index contributed by atoms with van der Waals surface area (Å²) in [5, 5.41) is 0. The van der Waals surface area contributed by atoms with Gasteiger partial charge >= 0.3 is 5.69 Å². The number of aromatic amines is 1. The molecule has 0 aliphatic heterocycles. The van der Waals surface area contributed by atoms with Gasteiger partial charge in [0.15, 0.2) is 5.78 Å². The number of ketones is 1. The van der Waals surface area contributed by atoms with E-state index in [9.17, 15) is 9.59 Å². The molecule has 2 aliphatic rings. The average Bonchev–Trinajstić information content (AvgIpc) is 2.54. The maximum absolute atomic E-state index is 11.7. The standard InChI is InChI=1S/C11H11ClN2O2/c12-14-9-4-6-2-1-3-10(15)7(6)5-8(9)13-11(14)16/h1-5H2,(H,13,16). The number of carbonyl (C=O) groups is 1. The minimum atomic E-state index is -0.307. The molecule has 0 spiro atoms. The van der Waals surface area contributed by atoms with Crippen LogP contribution >= 0.6 is 11.8 Å². The Morgan fingerprint density at radius 2 is 2.00 bits per heavy atom. The summed E-state index contributed by atoms with van der Waals surface area (Å²) in [6.07, 6.45) is 3.69. The van der Waals surface area contributed by atoms with Gasteiger partial charge in [-0.1, -0.05) is 5.57 Å². The molecule has 0 atom stereocenters. The van der Waals surface area contributed by atoms with Crippen molar-refractivity contribution in [2.24, 2.45) is 0 Å². The van der Waals surface area contributed by atoms with Crippen molar-refractivity contribution < 1.29 is 4.79 Å². The summed E-state index contributed by atoms with van der Waals surface area (Å²) >= 11 is 5.86. The molecule has 1 aromatic heterocycles. The van der Waals surface area contributed by atoms with Gasteiger partial charge in [-0.15, -0.1) is 0 Å². The molecule has 0 fully saturated rings. The maximum atomic E-state index is 11.7. The number of carbonyl (C=O) groups excluding carboxylic acids is 1.